The molecule has 1 aromatic heterocycles. The number of benzene rings is 2. The van der Waals surface area contributed by atoms with E-state index in [-0.39, 0.29) is 25.3 Å². The first-order chi connectivity index (χ1) is 14.0. The van der Waals surface area contributed by atoms with Crippen LogP contribution in [0.3, 0.4) is 0 Å². The summed E-state index contributed by atoms with van der Waals surface area (Å²) in [4.78, 5) is 27.3. The van der Waals surface area contributed by atoms with Gasteiger partial charge in [0.25, 0.3) is 0 Å². The normalized spacial score (nSPS) is 11.8. The summed E-state index contributed by atoms with van der Waals surface area (Å²) in [5.74, 6) is -0.650. The molecule has 152 valence electrons. The van der Waals surface area contributed by atoms with Crippen LogP contribution in [-0.2, 0) is 22.4 Å². The molecule has 29 heavy (non-hydrogen) atoms. The van der Waals surface area contributed by atoms with Crippen LogP contribution in [0.2, 0.25) is 0 Å². The van der Waals surface area contributed by atoms with E-state index in [0.717, 1.165) is 22.0 Å². The molecule has 1 atom stereocenters. The van der Waals surface area contributed by atoms with Crippen LogP contribution in [0.15, 0.2) is 48.7 Å². The summed E-state index contributed by atoms with van der Waals surface area (Å²) in [7, 11) is 3.13. The molecule has 7 heteroatoms. The molecule has 0 bridgehead atoms. The number of amides is 1. The first-order valence-corrected chi connectivity index (χ1v) is 9.27. The molecule has 1 heterocycles. The van der Waals surface area contributed by atoms with Crippen molar-refractivity contribution in [3.8, 4) is 11.5 Å². The Kier molecular flexibility index (Phi) is 6.39. The van der Waals surface area contributed by atoms with Crippen molar-refractivity contribution in [2.75, 3.05) is 20.8 Å². The standard InChI is InChI=1S/C22H24N2O5/c1-28-18-8-4-3-6-14(18)10-16(22(26)27)13-24-20(25)11-15-12-23-17-7-5-9-19(29-2)21(15)17/h3-9,12,16,23H,10-11,13H2,1-2H3,(H,24,25)(H,26,27). The number of carboxylic acids is 1. The highest BCUT2D eigenvalue weighted by molar-refractivity contribution is 5.93. The van der Waals surface area contributed by atoms with E-state index in [4.69, 9.17) is 9.47 Å². The highest BCUT2D eigenvalue weighted by Crippen LogP contribution is 2.28. The van der Waals surface area contributed by atoms with Crippen molar-refractivity contribution in [3.63, 3.8) is 0 Å². The number of carboxylic acid groups (broad SMARTS) is 1. The van der Waals surface area contributed by atoms with Gasteiger partial charge in [0.15, 0.2) is 0 Å². The van der Waals surface area contributed by atoms with Crippen LogP contribution in [0.1, 0.15) is 11.1 Å². The summed E-state index contributed by atoms with van der Waals surface area (Å²) in [6.45, 7) is 0.0334. The van der Waals surface area contributed by atoms with Crippen LogP contribution >= 0.6 is 0 Å². The number of ether oxygens (including phenoxy) is 2. The van der Waals surface area contributed by atoms with Crippen molar-refractivity contribution < 1.29 is 24.2 Å². The Labute approximate surface area is 168 Å². The minimum Gasteiger partial charge on any atom is -0.496 e. The monoisotopic (exact) mass is 396 g/mol. The van der Waals surface area contributed by atoms with Gasteiger partial charge in [-0.15, -0.1) is 0 Å². The Morgan fingerprint density at radius 3 is 2.48 bits per heavy atom. The molecular formula is C22H24N2O5. The average Bonchev–Trinajstić information content (AvgIpc) is 3.14. The largest absolute Gasteiger partial charge is 0.496 e. The zero-order valence-corrected chi connectivity index (χ0v) is 16.4. The molecule has 1 amide bonds. The lowest BCUT2D eigenvalue weighted by Crippen LogP contribution is -2.35. The number of H-pyrrole nitrogens is 1. The van der Waals surface area contributed by atoms with Gasteiger partial charge in [0.05, 0.1) is 26.6 Å². The van der Waals surface area contributed by atoms with E-state index in [1.54, 1.807) is 26.5 Å². The van der Waals surface area contributed by atoms with E-state index < -0.39 is 11.9 Å². The third-order valence-electron chi connectivity index (χ3n) is 4.87. The average molecular weight is 396 g/mol. The zero-order valence-electron chi connectivity index (χ0n) is 16.4. The number of fused-ring (bicyclic) bond motifs is 1. The van der Waals surface area contributed by atoms with Crippen molar-refractivity contribution in [3.05, 3.63) is 59.8 Å². The van der Waals surface area contributed by atoms with Gasteiger partial charge in [-0.2, -0.15) is 0 Å². The molecule has 3 N–H and O–H groups in total. The van der Waals surface area contributed by atoms with Gasteiger partial charge in [-0.1, -0.05) is 24.3 Å². The Hall–Kier alpha value is -3.48. The summed E-state index contributed by atoms with van der Waals surface area (Å²) >= 11 is 0. The van der Waals surface area contributed by atoms with Crippen molar-refractivity contribution in [1.29, 1.82) is 0 Å². The molecule has 0 radical (unpaired) electrons. The van der Waals surface area contributed by atoms with Crippen molar-refractivity contribution in [1.82, 2.24) is 10.3 Å². The van der Waals surface area contributed by atoms with Gasteiger partial charge in [-0.3, -0.25) is 9.59 Å². The number of aliphatic carboxylic acids is 1. The fourth-order valence-corrected chi connectivity index (χ4v) is 3.39. The molecule has 0 aliphatic heterocycles. The van der Waals surface area contributed by atoms with Gasteiger partial charge < -0.3 is 24.9 Å². The number of methoxy groups -OCH3 is 2. The topological polar surface area (TPSA) is 101 Å². The number of nitrogens with one attached hydrogen (secondary N) is 2. The summed E-state index contributed by atoms with van der Waals surface area (Å²) in [6.07, 6.45) is 2.16. The van der Waals surface area contributed by atoms with E-state index in [9.17, 15) is 14.7 Å². The Morgan fingerprint density at radius 1 is 1.03 bits per heavy atom. The summed E-state index contributed by atoms with van der Waals surface area (Å²) in [6, 6.07) is 12.9. The smallest absolute Gasteiger partial charge is 0.308 e. The Morgan fingerprint density at radius 2 is 1.76 bits per heavy atom. The maximum absolute atomic E-state index is 12.5. The Bertz CT molecular complexity index is 1010. The SMILES string of the molecule is COc1ccccc1CC(CNC(=O)Cc1c[nH]c2cccc(OC)c12)C(=O)O. The molecule has 0 fully saturated rings. The number of hydrogen-bond donors (Lipinski definition) is 3. The molecule has 0 aliphatic rings. The van der Waals surface area contributed by atoms with Crippen LogP contribution in [0.5, 0.6) is 11.5 Å². The van der Waals surface area contributed by atoms with Gasteiger partial charge >= 0.3 is 5.97 Å². The molecule has 0 spiro atoms. The zero-order chi connectivity index (χ0) is 20.8. The lowest BCUT2D eigenvalue weighted by molar-refractivity contribution is -0.141. The van der Waals surface area contributed by atoms with Gasteiger partial charge in [0.2, 0.25) is 5.91 Å². The van der Waals surface area contributed by atoms with Crippen molar-refractivity contribution in [2.45, 2.75) is 12.8 Å². The molecule has 2 aromatic carbocycles. The maximum atomic E-state index is 12.5. The number of aromatic nitrogens is 1. The van der Waals surface area contributed by atoms with Crippen LogP contribution in [0.4, 0.5) is 0 Å². The van der Waals surface area contributed by atoms with Crippen LogP contribution in [-0.4, -0.2) is 42.7 Å². The van der Waals surface area contributed by atoms with E-state index in [0.29, 0.717) is 11.5 Å². The minimum atomic E-state index is -0.968. The van der Waals surface area contributed by atoms with Gasteiger partial charge in [-0.25, -0.2) is 0 Å². The van der Waals surface area contributed by atoms with Crippen LogP contribution < -0.4 is 14.8 Å². The molecule has 7 nitrogen and oxygen atoms in total. The van der Waals surface area contributed by atoms with E-state index in [1.807, 2.05) is 36.4 Å². The summed E-state index contributed by atoms with van der Waals surface area (Å²) in [5.41, 5.74) is 2.47. The molecule has 0 aliphatic carbocycles. The fourth-order valence-electron chi connectivity index (χ4n) is 3.39. The van der Waals surface area contributed by atoms with Gasteiger partial charge in [-0.05, 0) is 35.7 Å². The van der Waals surface area contributed by atoms with Crippen molar-refractivity contribution in [2.24, 2.45) is 5.92 Å². The number of rotatable bonds is 9. The quantitative estimate of drug-likeness (QED) is 0.516. The number of para-hydroxylation sites is 1. The number of aromatic amines is 1. The number of carbonyl (C=O) groups is 2. The van der Waals surface area contributed by atoms with Crippen LogP contribution in [0, 0.1) is 5.92 Å². The second-order valence-corrected chi connectivity index (χ2v) is 6.73. The third kappa shape index (κ3) is 4.68. The molecule has 3 aromatic rings. The molecule has 3 rings (SSSR count). The predicted octanol–water partition coefficient (Wildman–Crippen LogP) is 2.79. The highest BCUT2D eigenvalue weighted by Gasteiger charge is 2.21. The minimum absolute atomic E-state index is 0.0334. The fraction of sp³-hybridized carbons (Fsp3) is 0.273. The second kappa shape index (κ2) is 9.14. The third-order valence-corrected chi connectivity index (χ3v) is 4.87. The maximum Gasteiger partial charge on any atom is 0.308 e. The molecule has 1 unspecified atom stereocenters. The lowest BCUT2D eigenvalue weighted by atomic mass is 9.98. The van der Waals surface area contributed by atoms with Gasteiger partial charge in [0.1, 0.15) is 11.5 Å². The summed E-state index contributed by atoms with van der Waals surface area (Å²) < 4.78 is 10.7. The molecule has 0 saturated carbocycles. The molecule has 0 saturated heterocycles. The lowest BCUT2D eigenvalue weighted by Gasteiger charge is -2.15. The first-order valence-electron chi connectivity index (χ1n) is 9.27. The molecular weight excluding hydrogens is 372 g/mol. The highest BCUT2D eigenvalue weighted by atomic mass is 16.5. The first kappa shape index (κ1) is 20.3. The Balaban J connectivity index is 1.66. The van der Waals surface area contributed by atoms with E-state index in [2.05, 4.69) is 10.3 Å². The van der Waals surface area contributed by atoms with Crippen LogP contribution in [0.25, 0.3) is 10.9 Å². The predicted molar refractivity (Wildman–Crippen MR) is 109 cm³/mol. The van der Waals surface area contributed by atoms with E-state index in [1.165, 1.54) is 0 Å². The number of hydrogen-bond acceptors (Lipinski definition) is 4. The summed E-state index contributed by atoms with van der Waals surface area (Å²) in [5, 5.41) is 13.2. The second-order valence-electron chi connectivity index (χ2n) is 6.73. The number of carbonyl (C=O) groups excluding carboxylic acids is 1. The van der Waals surface area contributed by atoms with Crippen molar-refractivity contribution >= 4 is 22.8 Å². The van der Waals surface area contributed by atoms with Gasteiger partial charge in [0, 0.05) is 23.6 Å². The van der Waals surface area contributed by atoms with E-state index >= 15 is 0 Å².